The lowest BCUT2D eigenvalue weighted by Gasteiger charge is -2.32. The molecule has 3 rings (SSSR count). The van der Waals surface area contributed by atoms with Crippen LogP contribution in [0.3, 0.4) is 0 Å². The van der Waals surface area contributed by atoms with E-state index in [4.69, 9.17) is 14.2 Å². The molecule has 3 aromatic rings. The number of pyridine rings is 1. The second-order valence-corrected chi connectivity index (χ2v) is 9.45. The molecule has 8 nitrogen and oxygen atoms in total. The minimum absolute atomic E-state index is 0.102. The van der Waals surface area contributed by atoms with Gasteiger partial charge in [-0.1, -0.05) is 27.2 Å². The van der Waals surface area contributed by atoms with Gasteiger partial charge in [-0.15, -0.1) is 0 Å². The van der Waals surface area contributed by atoms with Crippen LogP contribution in [0, 0.1) is 13.8 Å². The van der Waals surface area contributed by atoms with E-state index in [0.29, 0.717) is 28.7 Å². The number of hydrogen-bond donors (Lipinski definition) is 1. The molecule has 1 atom stereocenters. The van der Waals surface area contributed by atoms with E-state index < -0.39 is 6.09 Å². The van der Waals surface area contributed by atoms with Crippen LogP contribution >= 0.6 is 0 Å². The van der Waals surface area contributed by atoms with Gasteiger partial charge in [-0.25, -0.2) is 4.79 Å². The van der Waals surface area contributed by atoms with E-state index in [1.165, 1.54) is 0 Å². The average molecular weight is 524 g/mol. The maximum absolute atomic E-state index is 12.6. The number of benzene rings is 2. The van der Waals surface area contributed by atoms with E-state index in [1.807, 2.05) is 44.2 Å². The highest BCUT2D eigenvalue weighted by Gasteiger charge is 2.27. The molecule has 2 aromatic carbocycles. The van der Waals surface area contributed by atoms with Crippen molar-refractivity contribution in [2.45, 2.75) is 59.9 Å². The molecule has 1 N–H and O–H groups in total. The van der Waals surface area contributed by atoms with Crippen LogP contribution < -0.4 is 19.1 Å². The number of fused-ring (bicyclic) bond motifs is 1. The Morgan fingerprint density at radius 2 is 1.61 bits per heavy atom. The van der Waals surface area contributed by atoms with Crippen molar-refractivity contribution in [3.63, 3.8) is 0 Å². The Labute approximate surface area is 226 Å². The number of methoxy groups -OCH3 is 2. The molecular weight excluding hydrogens is 482 g/mol. The van der Waals surface area contributed by atoms with Gasteiger partial charge in [0.1, 0.15) is 11.5 Å². The van der Waals surface area contributed by atoms with Crippen LogP contribution in [0.15, 0.2) is 36.5 Å². The predicted octanol–water partition coefficient (Wildman–Crippen LogP) is 7.05. The topological polar surface area (TPSA) is 84.4 Å². The van der Waals surface area contributed by atoms with E-state index in [-0.39, 0.29) is 6.04 Å². The Balaban J connectivity index is 1.97. The number of rotatable bonds is 13. The van der Waals surface area contributed by atoms with Crippen LogP contribution in [-0.4, -0.2) is 61.0 Å². The number of hydrogen-bond acceptors (Lipinski definition) is 6. The zero-order chi connectivity index (χ0) is 27.8. The number of carbonyl (C=O) groups is 1. The molecule has 206 valence electrons. The van der Waals surface area contributed by atoms with Crippen molar-refractivity contribution in [2.75, 3.05) is 38.8 Å². The van der Waals surface area contributed by atoms with Crippen LogP contribution in [0.2, 0.25) is 0 Å². The largest absolute Gasteiger partial charge is 0.493 e. The second-order valence-electron chi connectivity index (χ2n) is 9.45. The van der Waals surface area contributed by atoms with Gasteiger partial charge in [0, 0.05) is 30.2 Å². The third-order valence-corrected chi connectivity index (χ3v) is 7.05. The quantitative estimate of drug-likeness (QED) is 0.257. The zero-order valence-corrected chi connectivity index (χ0v) is 23.7. The summed E-state index contributed by atoms with van der Waals surface area (Å²) >= 11 is 0. The summed E-state index contributed by atoms with van der Waals surface area (Å²) in [6.45, 7) is 13.0. The van der Waals surface area contributed by atoms with Crippen LogP contribution in [0.4, 0.5) is 10.5 Å². The first kappa shape index (κ1) is 29.0. The van der Waals surface area contributed by atoms with E-state index in [0.717, 1.165) is 60.9 Å². The van der Waals surface area contributed by atoms with E-state index in [2.05, 4.69) is 30.7 Å². The standard InChI is InChI=1S/C30H41N3O5/c1-8-11-22(13-15-32(9-2)10-3)33(30(34)35)25-16-21(5)27(17-20(25)4)38-26-12-14-31-24-19-29(37-7)28(36-6)18-23(24)26/h12,14,16-19,22H,8-11,13,15H2,1-7H3,(H,34,35). The molecule has 1 amide bonds. The molecule has 1 unspecified atom stereocenters. The van der Waals surface area contributed by atoms with Crippen molar-refractivity contribution in [3.8, 4) is 23.0 Å². The lowest BCUT2D eigenvalue weighted by atomic mass is 10.0. The van der Waals surface area contributed by atoms with E-state index >= 15 is 0 Å². The molecule has 38 heavy (non-hydrogen) atoms. The Bertz CT molecular complexity index is 1240. The highest BCUT2D eigenvalue weighted by Crippen LogP contribution is 2.39. The molecule has 0 aliphatic heterocycles. The molecule has 0 saturated heterocycles. The summed E-state index contributed by atoms with van der Waals surface area (Å²) in [6.07, 6.45) is 3.26. The van der Waals surface area contributed by atoms with Crippen molar-refractivity contribution in [1.82, 2.24) is 9.88 Å². The van der Waals surface area contributed by atoms with Gasteiger partial charge in [0.05, 0.1) is 25.4 Å². The number of carboxylic acid groups (broad SMARTS) is 1. The zero-order valence-electron chi connectivity index (χ0n) is 23.7. The lowest BCUT2D eigenvalue weighted by molar-refractivity contribution is 0.196. The third-order valence-electron chi connectivity index (χ3n) is 7.05. The fourth-order valence-electron chi connectivity index (χ4n) is 4.86. The number of nitrogens with zero attached hydrogens (tertiary/aromatic N) is 3. The third kappa shape index (κ3) is 6.48. The number of anilines is 1. The summed E-state index contributed by atoms with van der Waals surface area (Å²) in [5.41, 5.74) is 3.11. The monoisotopic (exact) mass is 523 g/mol. The molecule has 0 saturated carbocycles. The van der Waals surface area contributed by atoms with Gasteiger partial charge in [-0.05, 0) is 75.2 Å². The Morgan fingerprint density at radius 1 is 0.921 bits per heavy atom. The van der Waals surface area contributed by atoms with Crippen LogP contribution in [0.5, 0.6) is 23.0 Å². The van der Waals surface area contributed by atoms with Gasteiger partial charge < -0.3 is 24.2 Å². The molecule has 1 aromatic heterocycles. The number of amides is 1. The van der Waals surface area contributed by atoms with Crippen molar-refractivity contribution in [3.05, 3.63) is 47.7 Å². The molecule has 0 spiro atoms. The molecule has 0 aliphatic rings. The van der Waals surface area contributed by atoms with Crippen molar-refractivity contribution in [1.29, 1.82) is 0 Å². The van der Waals surface area contributed by atoms with Gasteiger partial charge in [0.15, 0.2) is 11.5 Å². The normalized spacial score (nSPS) is 12.0. The van der Waals surface area contributed by atoms with Crippen LogP contribution in [-0.2, 0) is 0 Å². The van der Waals surface area contributed by atoms with Crippen molar-refractivity contribution in [2.24, 2.45) is 0 Å². The lowest BCUT2D eigenvalue weighted by Crippen LogP contribution is -2.42. The van der Waals surface area contributed by atoms with Gasteiger partial charge in [0.25, 0.3) is 0 Å². The Kier molecular flexibility index (Phi) is 10.2. The first-order valence-corrected chi connectivity index (χ1v) is 13.3. The molecule has 1 heterocycles. The van der Waals surface area contributed by atoms with Gasteiger partial charge in [-0.2, -0.15) is 0 Å². The minimum atomic E-state index is -0.930. The number of aromatic nitrogens is 1. The molecule has 0 fully saturated rings. The van der Waals surface area contributed by atoms with Gasteiger partial charge in [0.2, 0.25) is 0 Å². The van der Waals surface area contributed by atoms with Gasteiger partial charge in [-0.3, -0.25) is 9.88 Å². The summed E-state index contributed by atoms with van der Waals surface area (Å²) in [6, 6.07) is 9.22. The molecule has 0 aliphatic carbocycles. The molecule has 0 radical (unpaired) electrons. The summed E-state index contributed by atoms with van der Waals surface area (Å²) in [5, 5.41) is 11.1. The van der Waals surface area contributed by atoms with Gasteiger partial charge >= 0.3 is 6.09 Å². The highest BCUT2D eigenvalue weighted by molar-refractivity contribution is 5.89. The number of ether oxygens (including phenoxy) is 3. The Morgan fingerprint density at radius 3 is 2.21 bits per heavy atom. The smallest absolute Gasteiger partial charge is 0.412 e. The summed E-state index contributed by atoms with van der Waals surface area (Å²) in [7, 11) is 3.18. The molecule has 0 bridgehead atoms. The Hall–Kier alpha value is -3.52. The van der Waals surface area contributed by atoms with E-state index in [1.54, 1.807) is 25.3 Å². The fraction of sp³-hybridized carbons (Fsp3) is 0.467. The van der Waals surface area contributed by atoms with Crippen molar-refractivity contribution >= 4 is 22.7 Å². The SMILES string of the molecule is CCCC(CCN(CC)CC)N(C(=O)O)c1cc(C)c(Oc2ccnc3cc(OC)c(OC)cc23)cc1C. The predicted molar refractivity (Wildman–Crippen MR) is 152 cm³/mol. The summed E-state index contributed by atoms with van der Waals surface area (Å²) in [5.74, 6) is 2.47. The highest BCUT2D eigenvalue weighted by atomic mass is 16.5. The minimum Gasteiger partial charge on any atom is -0.493 e. The average Bonchev–Trinajstić information content (AvgIpc) is 2.91. The van der Waals surface area contributed by atoms with E-state index in [9.17, 15) is 9.90 Å². The first-order chi connectivity index (χ1) is 18.3. The summed E-state index contributed by atoms with van der Waals surface area (Å²) in [4.78, 5) is 20.9. The maximum atomic E-state index is 12.6. The molecular formula is C30H41N3O5. The maximum Gasteiger partial charge on any atom is 0.412 e. The second kappa shape index (κ2) is 13.3. The van der Waals surface area contributed by atoms with Crippen LogP contribution in [0.25, 0.3) is 10.9 Å². The summed E-state index contributed by atoms with van der Waals surface area (Å²) < 4.78 is 17.3. The fourth-order valence-corrected chi connectivity index (χ4v) is 4.86. The first-order valence-electron chi connectivity index (χ1n) is 13.3. The van der Waals surface area contributed by atoms with Crippen molar-refractivity contribution < 1.29 is 24.1 Å². The van der Waals surface area contributed by atoms with Crippen LogP contribution in [0.1, 0.15) is 51.2 Å². The number of aryl methyl sites for hydroxylation is 2. The molecule has 8 heteroatoms.